The number of hydrogen-bond donors (Lipinski definition) is 0. The van der Waals surface area contributed by atoms with E-state index < -0.39 is 0 Å². The number of aromatic nitrogens is 3. The topological polar surface area (TPSA) is 29.2 Å². The predicted octanol–water partition coefficient (Wildman–Crippen LogP) is 25.9. The van der Waals surface area contributed by atoms with E-state index in [2.05, 4.69) is 420 Å². The van der Waals surface area contributed by atoms with Gasteiger partial charge in [-0.15, -0.1) is 0 Å². The molecule has 0 spiro atoms. The minimum absolute atomic E-state index is 0.0572. The molecular weight excluding hydrogens is 1340 g/mol. The maximum Gasteiger partial charge on any atom is 0.252 e. The van der Waals surface area contributed by atoms with Crippen LogP contribution in [0.1, 0.15) is 143 Å². The number of pyridine rings is 1. The average molecular weight is 1440 g/mol. The zero-order chi connectivity index (χ0) is 76.8. The first-order valence-corrected chi connectivity index (χ1v) is 39.8. The quantitative estimate of drug-likeness (QED) is 0.121. The summed E-state index contributed by atoms with van der Waals surface area (Å²) in [5.41, 5.74) is 35.7. The van der Waals surface area contributed by atoms with Gasteiger partial charge in [-0.1, -0.05) is 298 Å². The molecule has 16 aromatic rings. The smallest absolute Gasteiger partial charge is 0.252 e. The van der Waals surface area contributed by atoms with Crippen molar-refractivity contribution in [2.75, 3.05) is 9.80 Å². The van der Waals surface area contributed by atoms with Gasteiger partial charge in [-0.25, -0.2) is 0 Å². The van der Waals surface area contributed by atoms with Crippen molar-refractivity contribution in [1.29, 1.82) is 0 Å². The third-order valence-electron chi connectivity index (χ3n) is 24.0. The molecule has 0 fully saturated rings. The zero-order valence-electron chi connectivity index (χ0n) is 67.0. The van der Waals surface area contributed by atoms with Crippen LogP contribution in [0, 0.1) is 0 Å². The maximum atomic E-state index is 5.17. The van der Waals surface area contributed by atoms with Gasteiger partial charge in [0.15, 0.2) is 0 Å². The lowest BCUT2D eigenvalue weighted by Gasteiger charge is -2.45. The minimum Gasteiger partial charge on any atom is -0.338 e. The summed E-state index contributed by atoms with van der Waals surface area (Å²) in [7, 11) is 0. The van der Waals surface area contributed by atoms with Crippen LogP contribution in [0.2, 0.25) is 0 Å². The summed E-state index contributed by atoms with van der Waals surface area (Å²) in [5, 5.41) is 5.06. The fraction of sp³-hybridized carbons (Fsp3) is 0.210. The van der Waals surface area contributed by atoms with Gasteiger partial charge in [0.05, 0.1) is 22.1 Å². The molecule has 111 heavy (non-hydrogen) atoms. The van der Waals surface area contributed by atoms with E-state index >= 15 is 0 Å². The van der Waals surface area contributed by atoms with Crippen LogP contribution < -0.4 is 26.2 Å². The molecule has 13 aromatic carbocycles. The van der Waals surface area contributed by atoms with Gasteiger partial charge < -0.3 is 18.9 Å². The maximum absolute atomic E-state index is 5.17. The number of rotatable bonds is 11. The standard InChI is InChI=1S/C105H98BN5/c1-101(2,3)73-42-50-92-84(57-73)85-58-74(102(4,5)6)43-51-93(85)110(92)78-46-48-90-96(61-78)108(65-88-80(67-30-20-16-21-31-67)38-28-39-81(88)68-32-22-17-23-33-68)98-55-71(72-54-77(64-107-63-72)105(13,14)15)56-99-100(98)106(90)91-49-47-79(111-94-52-44-75(103(7,8)9)59-86(94)87-60-76(104(10,11)12)45-53-95(87)111)62-97(91)109(99)66-89-82(69-34-24-18-25-35-69)40-29-41-83(89)70-36-26-19-27-37-70/h16-64H,65-66H2,1-15H3. The fourth-order valence-electron chi connectivity index (χ4n) is 17.8. The van der Waals surface area contributed by atoms with E-state index in [1.165, 1.54) is 155 Å². The van der Waals surface area contributed by atoms with Gasteiger partial charge in [0.1, 0.15) is 0 Å². The summed E-state index contributed by atoms with van der Waals surface area (Å²) in [6.45, 7) is 35.8. The lowest BCUT2D eigenvalue weighted by molar-refractivity contribution is 0.587. The third-order valence-corrected chi connectivity index (χ3v) is 24.0. The highest BCUT2D eigenvalue weighted by Gasteiger charge is 2.45. The molecule has 6 heteroatoms. The van der Waals surface area contributed by atoms with E-state index in [9.17, 15) is 0 Å². The Bertz CT molecular complexity index is 5730. The number of anilines is 4. The van der Waals surface area contributed by atoms with Gasteiger partial charge in [0.25, 0.3) is 6.71 Å². The molecule has 0 atom stereocenters. The summed E-state index contributed by atoms with van der Waals surface area (Å²) >= 11 is 0. The van der Waals surface area contributed by atoms with Crippen molar-refractivity contribution in [3.63, 3.8) is 0 Å². The van der Waals surface area contributed by atoms with Gasteiger partial charge >= 0.3 is 0 Å². The number of hydrogen-bond acceptors (Lipinski definition) is 3. The van der Waals surface area contributed by atoms with E-state index in [0.717, 1.165) is 33.9 Å². The van der Waals surface area contributed by atoms with Gasteiger partial charge in [-0.2, -0.15) is 0 Å². The Kier molecular flexibility index (Phi) is 16.9. The Hall–Kier alpha value is -11.7. The second-order valence-electron chi connectivity index (χ2n) is 36.5. The predicted molar refractivity (Wildman–Crippen MR) is 476 cm³/mol. The molecule has 3 aromatic heterocycles. The van der Waals surface area contributed by atoms with Crippen molar-refractivity contribution in [3.05, 3.63) is 336 Å². The van der Waals surface area contributed by atoms with Crippen molar-refractivity contribution in [3.8, 4) is 67.0 Å². The highest BCUT2D eigenvalue weighted by molar-refractivity contribution is 7.00. The molecule has 5 heterocycles. The molecule has 0 radical (unpaired) electrons. The minimum atomic E-state index is -0.219. The van der Waals surface area contributed by atoms with Crippen LogP contribution in [-0.4, -0.2) is 20.8 Å². The summed E-state index contributed by atoms with van der Waals surface area (Å²) in [6.07, 6.45) is 4.17. The van der Waals surface area contributed by atoms with Crippen LogP contribution in [0.3, 0.4) is 0 Å². The first-order chi connectivity index (χ1) is 53.2. The highest BCUT2D eigenvalue weighted by atomic mass is 15.2. The molecular formula is C105H98BN5. The zero-order valence-corrected chi connectivity index (χ0v) is 67.0. The normalized spacial score (nSPS) is 13.2. The molecule has 0 aliphatic carbocycles. The third kappa shape index (κ3) is 12.5. The molecule has 0 saturated carbocycles. The second-order valence-corrected chi connectivity index (χ2v) is 36.5. The largest absolute Gasteiger partial charge is 0.338 e. The molecule has 0 amide bonds. The second kappa shape index (κ2) is 26.5. The number of benzene rings is 13. The monoisotopic (exact) mass is 1440 g/mol. The molecule has 546 valence electrons. The van der Waals surface area contributed by atoms with Crippen LogP contribution in [0.25, 0.3) is 111 Å². The molecule has 0 bridgehead atoms. The fourth-order valence-corrected chi connectivity index (χ4v) is 17.8. The van der Waals surface area contributed by atoms with Gasteiger partial charge in [-0.05, 0) is 223 Å². The number of nitrogens with zero attached hydrogens (tertiary/aromatic N) is 5. The molecule has 5 nitrogen and oxygen atoms in total. The highest BCUT2D eigenvalue weighted by Crippen LogP contribution is 2.49. The van der Waals surface area contributed by atoms with E-state index in [1.807, 2.05) is 0 Å². The van der Waals surface area contributed by atoms with Crippen molar-refractivity contribution in [2.24, 2.45) is 0 Å². The molecule has 0 unspecified atom stereocenters. The lowest BCUT2D eigenvalue weighted by Crippen LogP contribution is -2.62. The number of fused-ring (bicyclic) bond motifs is 10. The Morgan fingerprint density at radius 3 is 0.883 bits per heavy atom. The van der Waals surface area contributed by atoms with E-state index in [-0.39, 0.29) is 33.8 Å². The Balaban J connectivity index is 0.977. The molecule has 2 aliphatic heterocycles. The Morgan fingerprint density at radius 1 is 0.261 bits per heavy atom. The summed E-state index contributed by atoms with van der Waals surface area (Å²) in [6, 6.07) is 110. The van der Waals surface area contributed by atoms with E-state index in [0.29, 0.717) is 13.1 Å². The van der Waals surface area contributed by atoms with Crippen LogP contribution in [0.5, 0.6) is 0 Å². The molecule has 0 N–H and O–H groups in total. The van der Waals surface area contributed by atoms with E-state index in [1.54, 1.807) is 0 Å². The van der Waals surface area contributed by atoms with Crippen molar-refractivity contribution < 1.29 is 0 Å². The van der Waals surface area contributed by atoms with Gasteiger partial charge in [0.2, 0.25) is 0 Å². The first-order valence-electron chi connectivity index (χ1n) is 39.8. The first kappa shape index (κ1) is 70.9. The Labute approximate surface area is 656 Å². The molecule has 18 rings (SSSR count). The van der Waals surface area contributed by atoms with Gasteiger partial charge in [-0.3, -0.25) is 4.98 Å². The van der Waals surface area contributed by atoms with Crippen molar-refractivity contribution in [1.82, 2.24) is 14.1 Å². The molecule has 2 aliphatic rings. The summed E-state index contributed by atoms with van der Waals surface area (Å²) in [5.74, 6) is 0. The van der Waals surface area contributed by atoms with Crippen LogP contribution >= 0.6 is 0 Å². The van der Waals surface area contributed by atoms with Crippen molar-refractivity contribution in [2.45, 2.75) is 144 Å². The van der Waals surface area contributed by atoms with Crippen LogP contribution in [0.4, 0.5) is 22.7 Å². The van der Waals surface area contributed by atoms with E-state index in [4.69, 9.17) is 4.98 Å². The lowest BCUT2D eigenvalue weighted by atomic mass is 9.33. The van der Waals surface area contributed by atoms with Crippen LogP contribution in [0.15, 0.2) is 298 Å². The average Bonchev–Trinajstić information content (AvgIpc) is 1.05. The summed E-state index contributed by atoms with van der Waals surface area (Å²) < 4.78 is 5.13. The SMILES string of the molecule is CC(C)(C)c1cncc(-c2cc3c4c(c2)N(Cc2c(-c5ccccc5)cccc2-c2ccccc2)c2cc(-n5c6ccc(C(C)(C)C)cc6c6cc(C(C)(C)C)ccc65)ccc2B4c2ccc(-n4c5ccc(C(C)(C)C)cc5c5cc(C(C)(C)C)ccc54)cc2N3Cc2c(-c3ccccc3)cccc2-c2ccccc2)c1. The van der Waals surface area contributed by atoms with Crippen LogP contribution in [-0.2, 0) is 40.2 Å². The summed E-state index contributed by atoms with van der Waals surface area (Å²) in [4.78, 5) is 10.6. The van der Waals surface area contributed by atoms with Crippen molar-refractivity contribution >= 4 is 89.5 Å². The Morgan fingerprint density at radius 2 is 0.577 bits per heavy atom. The molecule has 0 saturated heterocycles. The van der Waals surface area contributed by atoms with Gasteiger partial charge in [0, 0.05) is 86.7 Å².